The predicted molar refractivity (Wildman–Crippen MR) is 88.0 cm³/mol. The van der Waals surface area contributed by atoms with E-state index in [2.05, 4.69) is 32.6 Å². The Balaban J connectivity index is 2.06. The van der Waals surface area contributed by atoms with E-state index in [1.165, 1.54) is 18.5 Å². The number of rotatable bonds is 3. The number of fused-ring (bicyclic) bond motifs is 1. The summed E-state index contributed by atoms with van der Waals surface area (Å²) in [7, 11) is 0. The number of non-ortho nitro benzene ring substituents is 1. The van der Waals surface area contributed by atoms with Crippen LogP contribution in [0.5, 0.6) is 11.6 Å². The first-order valence-corrected chi connectivity index (χ1v) is 7.77. The van der Waals surface area contributed by atoms with Gasteiger partial charge in [-0.3, -0.25) is 10.1 Å². The third kappa shape index (κ3) is 2.81. The lowest BCUT2D eigenvalue weighted by Crippen LogP contribution is -1.94. The maximum Gasteiger partial charge on any atom is 0.273 e. The number of aromatic nitrogens is 2. The average Bonchev–Trinajstić information content (AvgIpc) is 2.82. The van der Waals surface area contributed by atoms with Crippen LogP contribution in [-0.4, -0.2) is 14.9 Å². The number of nitro groups is 1. The van der Waals surface area contributed by atoms with Crippen LogP contribution in [0.25, 0.3) is 10.2 Å². The highest BCUT2D eigenvalue weighted by atomic mass is 127. The molecule has 0 bridgehead atoms. The van der Waals surface area contributed by atoms with Crippen LogP contribution in [0.2, 0.25) is 0 Å². The molecule has 0 fully saturated rings. The molecule has 2 aromatic heterocycles. The molecule has 21 heavy (non-hydrogen) atoms. The molecule has 0 N–H and O–H groups in total. The fourth-order valence-electron chi connectivity index (χ4n) is 1.82. The molecule has 1 aromatic carbocycles. The largest absolute Gasteiger partial charge is 0.437 e. The molecule has 0 aliphatic rings. The molecule has 106 valence electrons. The predicted octanol–water partition coefficient (Wildman–Crippen LogP) is 4.30. The molecule has 0 saturated carbocycles. The summed E-state index contributed by atoms with van der Waals surface area (Å²) in [6.45, 7) is 1.98. The lowest BCUT2D eigenvalue weighted by atomic mass is 10.3. The summed E-state index contributed by atoms with van der Waals surface area (Å²) in [5, 5.41) is 11.7. The lowest BCUT2D eigenvalue weighted by Gasteiger charge is -2.07. The standard InChI is InChI=1S/C13H8IN3O3S/c1-7-4-9-12(15-6-16-13(9)21-7)20-11-5-8(17(18)19)2-3-10(11)14/h2-6H,1H3. The Morgan fingerprint density at radius 3 is 2.90 bits per heavy atom. The first kappa shape index (κ1) is 14.1. The molecule has 0 radical (unpaired) electrons. The fraction of sp³-hybridized carbons (Fsp3) is 0.0769. The minimum atomic E-state index is -0.451. The van der Waals surface area contributed by atoms with Crippen LogP contribution in [0.3, 0.4) is 0 Å². The average molecular weight is 413 g/mol. The van der Waals surface area contributed by atoms with Crippen LogP contribution >= 0.6 is 33.9 Å². The topological polar surface area (TPSA) is 78.2 Å². The molecule has 8 heteroatoms. The number of halogens is 1. The Bertz CT molecular complexity index is 850. The first-order chi connectivity index (χ1) is 10.0. The summed E-state index contributed by atoms with van der Waals surface area (Å²) in [6, 6.07) is 6.43. The molecular formula is C13H8IN3O3S. The van der Waals surface area contributed by atoms with Crippen molar-refractivity contribution in [1.29, 1.82) is 0 Å². The Morgan fingerprint density at radius 1 is 1.33 bits per heavy atom. The second-order valence-corrected chi connectivity index (χ2v) is 6.63. The van der Waals surface area contributed by atoms with Crippen molar-refractivity contribution in [1.82, 2.24) is 9.97 Å². The van der Waals surface area contributed by atoms with Crippen molar-refractivity contribution >= 4 is 49.8 Å². The van der Waals surface area contributed by atoms with Gasteiger partial charge >= 0.3 is 0 Å². The van der Waals surface area contributed by atoms with E-state index < -0.39 is 4.92 Å². The van der Waals surface area contributed by atoms with Gasteiger partial charge in [0.1, 0.15) is 16.9 Å². The first-order valence-electron chi connectivity index (χ1n) is 5.87. The Morgan fingerprint density at radius 2 is 2.14 bits per heavy atom. The van der Waals surface area contributed by atoms with Crippen molar-refractivity contribution in [3.05, 3.63) is 49.2 Å². The Kier molecular flexibility index (Phi) is 3.72. The van der Waals surface area contributed by atoms with E-state index in [-0.39, 0.29) is 5.69 Å². The number of nitro benzene ring substituents is 1. The summed E-state index contributed by atoms with van der Waals surface area (Å²) >= 11 is 3.62. The SMILES string of the molecule is Cc1cc2c(Oc3cc([N+](=O)[O-])ccc3I)ncnc2s1. The molecule has 3 aromatic rings. The normalized spacial score (nSPS) is 10.8. The molecule has 0 aliphatic heterocycles. The molecule has 0 amide bonds. The fourth-order valence-corrected chi connectivity index (χ4v) is 3.11. The number of hydrogen-bond donors (Lipinski definition) is 0. The molecule has 2 heterocycles. The van der Waals surface area contributed by atoms with E-state index in [1.54, 1.807) is 17.4 Å². The number of ether oxygens (including phenoxy) is 1. The van der Waals surface area contributed by atoms with Gasteiger partial charge in [0, 0.05) is 10.9 Å². The van der Waals surface area contributed by atoms with Gasteiger partial charge in [-0.25, -0.2) is 9.97 Å². The lowest BCUT2D eigenvalue weighted by molar-refractivity contribution is -0.384. The molecule has 0 spiro atoms. The molecule has 0 atom stereocenters. The summed E-state index contributed by atoms with van der Waals surface area (Å²) in [6.07, 6.45) is 1.43. The van der Waals surface area contributed by atoms with Crippen molar-refractivity contribution in [3.8, 4) is 11.6 Å². The molecule has 3 rings (SSSR count). The van der Waals surface area contributed by atoms with Gasteiger partial charge in [0.25, 0.3) is 5.69 Å². The van der Waals surface area contributed by atoms with Crippen LogP contribution < -0.4 is 4.74 Å². The summed E-state index contributed by atoms with van der Waals surface area (Å²) < 4.78 is 6.55. The van der Waals surface area contributed by atoms with Crippen LogP contribution in [0.15, 0.2) is 30.6 Å². The molecule has 6 nitrogen and oxygen atoms in total. The van der Waals surface area contributed by atoms with Crippen molar-refractivity contribution < 1.29 is 9.66 Å². The van der Waals surface area contributed by atoms with Crippen molar-refractivity contribution in [3.63, 3.8) is 0 Å². The van der Waals surface area contributed by atoms with Gasteiger partial charge in [-0.2, -0.15) is 0 Å². The summed E-state index contributed by atoms with van der Waals surface area (Å²) in [4.78, 5) is 20.7. The highest BCUT2D eigenvalue weighted by Crippen LogP contribution is 2.34. The Hall–Kier alpha value is -1.81. The zero-order chi connectivity index (χ0) is 15.0. The van der Waals surface area contributed by atoms with Gasteiger partial charge in [-0.05, 0) is 41.6 Å². The van der Waals surface area contributed by atoms with Gasteiger partial charge in [0.05, 0.1) is 19.9 Å². The minimum Gasteiger partial charge on any atom is -0.437 e. The second kappa shape index (κ2) is 5.53. The van der Waals surface area contributed by atoms with Gasteiger partial charge in [0.15, 0.2) is 0 Å². The third-order valence-electron chi connectivity index (χ3n) is 2.75. The zero-order valence-corrected chi connectivity index (χ0v) is 13.7. The number of nitrogens with zero attached hydrogens (tertiary/aromatic N) is 3. The highest BCUT2D eigenvalue weighted by Gasteiger charge is 2.14. The van der Waals surface area contributed by atoms with Crippen LogP contribution in [0, 0.1) is 20.6 Å². The van der Waals surface area contributed by atoms with Gasteiger partial charge in [0.2, 0.25) is 5.88 Å². The number of hydrogen-bond acceptors (Lipinski definition) is 6. The third-order valence-corrected chi connectivity index (χ3v) is 4.60. The highest BCUT2D eigenvalue weighted by molar-refractivity contribution is 14.1. The van der Waals surface area contributed by atoms with Crippen LogP contribution in [-0.2, 0) is 0 Å². The van der Waals surface area contributed by atoms with E-state index in [1.807, 2.05) is 13.0 Å². The second-order valence-electron chi connectivity index (χ2n) is 4.23. The van der Waals surface area contributed by atoms with E-state index in [4.69, 9.17) is 4.74 Å². The van der Waals surface area contributed by atoms with E-state index in [0.29, 0.717) is 11.6 Å². The van der Waals surface area contributed by atoms with E-state index in [9.17, 15) is 10.1 Å². The monoisotopic (exact) mass is 413 g/mol. The zero-order valence-electron chi connectivity index (χ0n) is 10.7. The Labute approximate surface area is 137 Å². The van der Waals surface area contributed by atoms with Gasteiger partial charge < -0.3 is 4.74 Å². The van der Waals surface area contributed by atoms with Gasteiger partial charge in [-0.1, -0.05) is 0 Å². The van der Waals surface area contributed by atoms with Crippen LogP contribution in [0.4, 0.5) is 5.69 Å². The van der Waals surface area contributed by atoms with Crippen molar-refractivity contribution in [2.45, 2.75) is 6.92 Å². The van der Waals surface area contributed by atoms with Gasteiger partial charge in [-0.15, -0.1) is 11.3 Å². The van der Waals surface area contributed by atoms with E-state index in [0.717, 1.165) is 18.7 Å². The number of aryl methyl sites for hydroxylation is 1. The van der Waals surface area contributed by atoms with Crippen molar-refractivity contribution in [2.24, 2.45) is 0 Å². The molecule has 0 saturated heterocycles. The number of thiophene rings is 1. The van der Waals surface area contributed by atoms with Crippen molar-refractivity contribution in [2.75, 3.05) is 0 Å². The maximum atomic E-state index is 10.9. The quantitative estimate of drug-likeness (QED) is 0.364. The summed E-state index contributed by atoms with van der Waals surface area (Å²) in [5.41, 5.74) is -0.0165. The molecule has 0 aliphatic carbocycles. The molecule has 0 unspecified atom stereocenters. The number of benzene rings is 1. The minimum absolute atomic E-state index is 0.0165. The maximum absolute atomic E-state index is 10.9. The summed E-state index contributed by atoms with van der Waals surface area (Å²) in [5.74, 6) is 0.816. The van der Waals surface area contributed by atoms with Crippen LogP contribution in [0.1, 0.15) is 4.88 Å². The molecular weight excluding hydrogens is 405 g/mol. The van der Waals surface area contributed by atoms with E-state index >= 15 is 0 Å². The smallest absolute Gasteiger partial charge is 0.273 e.